The highest BCUT2D eigenvalue weighted by Crippen LogP contribution is 2.20. The number of halogens is 2. The fourth-order valence-electron chi connectivity index (χ4n) is 0.899. The van der Waals surface area contributed by atoms with Gasteiger partial charge in [-0.3, -0.25) is 9.59 Å². The Morgan fingerprint density at radius 1 is 1.54 bits per heavy atom. The summed E-state index contributed by atoms with van der Waals surface area (Å²) in [6.07, 6.45) is 0.107. The van der Waals surface area contributed by atoms with Gasteiger partial charge in [0.25, 0.3) is 0 Å². The Morgan fingerprint density at radius 2 is 2.15 bits per heavy atom. The lowest BCUT2D eigenvalue weighted by atomic mass is 10.1. The van der Waals surface area contributed by atoms with Crippen LogP contribution < -0.4 is 0 Å². The Labute approximate surface area is 79.3 Å². The summed E-state index contributed by atoms with van der Waals surface area (Å²) in [5.74, 6) is -1.36. The molecule has 0 aliphatic heterocycles. The molecule has 13 heavy (non-hydrogen) atoms. The number of aldehydes is 1. The van der Waals surface area contributed by atoms with E-state index in [1.807, 2.05) is 0 Å². The van der Waals surface area contributed by atoms with Gasteiger partial charge in [0.1, 0.15) is 5.82 Å². The first-order valence-electron chi connectivity index (χ1n) is 3.51. The van der Waals surface area contributed by atoms with E-state index in [0.29, 0.717) is 5.56 Å². The van der Waals surface area contributed by atoms with Crippen LogP contribution in [0.25, 0.3) is 0 Å². The van der Waals surface area contributed by atoms with Gasteiger partial charge in [-0.05, 0) is 24.6 Å². The molecule has 0 bridgehead atoms. The zero-order valence-electron chi connectivity index (χ0n) is 6.80. The molecular weight excluding hydrogens is 195 g/mol. The first kappa shape index (κ1) is 9.86. The number of hydrogen-bond donors (Lipinski definition) is 0. The van der Waals surface area contributed by atoms with Crippen LogP contribution in [0.15, 0.2) is 12.1 Å². The molecule has 0 N–H and O–H groups in total. The predicted octanol–water partition coefficient (Wildman–Crippen LogP) is 2.17. The van der Waals surface area contributed by atoms with Crippen molar-refractivity contribution in [3.8, 4) is 0 Å². The number of ketones is 1. The molecule has 4 heteroatoms. The van der Waals surface area contributed by atoms with E-state index in [1.54, 1.807) is 0 Å². The Balaban J connectivity index is 3.31. The highest BCUT2D eigenvalue weighted by atomic mass is 35.5. The third kappa shape index (κ3) is 1.92. The quantitative estimate of drug-likeness (QED) is 0.417. The average Bonchev–Trinajstić information content (AvgIpc) is 2.10. The average molecular weight is 201 g/mol. The molecule has 0 spiro atoms. The zero-order chi connectivity index (χ0) is 10.0. The van der Waals surface area contributed by atoms with Gasteiger partial charge in [0.15, 0.2) is 6.29 Å². The summed E-state index contributed by atoms with van der Waals surface area (Å²) in [4.78, 5) is 21.0. The summed E-state index contributed by atoms with van der Waals surface area (Å²) in [6.45, 7) is 1.52. The maximum Gasteiger partial charge on any atom is 0.226 e. The summed E-state index contributed by atoms with van der Waals surface area (Å²) in [5.41, 5.74) is 0.243. The van der Waals surface area contributed by atoms with Gasteiger partial charge >= 0.3 is 0 Å². The van der Waals surface area contributed by atoms with Crippen LogP contribution in [0.4, 0.5) is 4.39 Å². The maximum absolute atomic E-state index is 12.9. The largest absolute Gasteiger partial charge is 0.294 e. The first-order valence-corrected chi connectivity index (χ1v) is 3.89. The van der Waals surface area contributed by atoms with Crippen LogP contribution in [-0.4, -0.2) is 12.1 Å². The molecule has 0 saturated carbocycles. The molecule has 0 aliphatic carbocycles. The van der Waals surface area contributed by atoms with Crippen molar-refractivity contribution in [2.45, 2.75) is 6.92 Å². The molecule has 0 aliphatic rings. The van der Waals surface area contributed by atoms with Crippen molar-refractivity contribution < 1.29 is 14.0 Å². The summed E-state index contributed by atoms with van der Waals surface area (Å²) in [6, 6.07) is 2.28. The van der Waals surface area contributed by atoms with E-state index in [2.05, 4.69) is 0 Å². The molecule has 0 atom stereocenters. The molecule has 2 nitrogen and oxygen atoms in total. The van der Waals surface area contributed by atoms with Crippen LogP contribution in [-0.2, 0) is 4.79 Å². The molecular formula is C9H6ClFO2. The Kier molecular flexibility index (Phi) is 2.78. The van der Waals surface area contributed by atoms with Gasteiger partial charge < -0.3 is 0 Å². The summed E-state index contributed by atoms with van der Waals surface area (Å²) in [5, 5.41) is 0.0935. The van der Waals surface area contributed by atoms with Crippen molar-refractivity contribution in [3.63, 3.8) is 0 Å². The lowest BCUT2D eigenvalue weighted by Gasteiger charge is -2.01. The number of carbonyl (C=O) groups is 2. The van der Waals surface area contributed by atoms with Crippen LogP contribution in [0.3, 0.4) is 0 Å². The highest BCUT2D eigenvalue weighted by molar-refractivity contribution is 6.41. The normalized spacial score (nSPS) is 9.77. The van der Waals surface area contributed by atoms with Crippen molar-refractivity contribution in [2.24, 2.45) is 0 Å². The van der Waals surface area contributed by atoms with E-state index in [-0.39, 0.29) is 16.9 Å². The van der Waals surface area contributed by atoms with Crippen molar-refractivity contribution in [2.75, 3.05) is 0 Å². The number of Topliss-reactive ketones (excluding diaryl/α,β-unsaturated/α-hetero) is 1. The molecule has 0 amide bonds. The standard InChI is InChI=1S/C9H6ClFO2/c1-5-2-7(10)6(3-8(5)11)9(13)4-12/h2-4H,1H3. The zero-order valence-corrected chi connectivity index (χ0v) is 7.56. The topological polar surface area (TPSA) is 34.1 Å². The lowest BCUT2D eigenvalue weighted by molar-refractivity contribution is -0.104. The van der Waals surface area contributed by atoms with E-state index in [0.717, 1.165) is 6.07 Å². The van der Waals surface area contributed by atoms with Crippen molar-refractivity contribution >= 4 is 23.7 Å². The number of rotatable bonds is 2. The predicted molar refractivity (Wildman–Crippen MR) is 46.5 cm³/mol. The summed E-state index contributed by atoms with van der Waals surface area (Å²) in [7, 11) is 0. The molecule has 0 saturated heterocycles. The summed E-state index contributed by atoms with van der Waals surface area (Å²) < 4.78 is 12.9. The SMILES string of the molecule is Cc1cc(Cl)c(C(=O)C=O)cc1F. The van der Waals surface area contributed by atoms with Gasteiger partial charge in [-0.1, -0.05) is 11.6 Å². The number of carbonyl (C=O) groups excluding carboxylic acids is 2. The van der Waals surface area contributed by atoms with Gasteiger partial charge in [0, 0.05) is 5.56 Å². The Morgan fingerprint density at radius 3 is 2.69 bits per heavy atom. The number of hydrogen-bond acceptors (Lipinski definition) is 2. The van der Waals surface area contributed by atoms with E-state index in [1.165, 1.54) is 13.0 Å². The van der Waals surface area contributed by atoms with Gasteiger partial charge in [-0.2, -0.15) is 0 Å². The van der Waals surface area contributed by atoms with Crippen molar-refractivity contribution in [1.29, 1.82) is 0 Å². The fourth-order valence-corrected chi connectivity index (χ4v) is 1.21. The van der Waals surface area contributed by atoms with Crippen LogP contribution in [0.1, 0.15) is 15.9 Å². The van der Waals surface area contributed by atoms with Crippen LogP contribution in [0, 0.1) is 12.7 Å². The second-order valence-electron chi connectivity index (χ2n) is 2.56. The van der Waals surface area contributed by atoms with E-state index in [9.17, 15) is 14.0 Å². The molecule has 1 aromatic rings. The molecule has 0 unspecified atom stereocenters. The molecule has 0 aromatic heterocycles. The molecule has 0 heterocycles. The van der Waals surface area contributed by atoms with Crippen LogP contribution in [0.5, 0.6) is 0 Å². The van der Waals surface area contributed by atoms with Crippen molar-refractivity contribution in [1.82, 2.24) is 0 Å². The second-order valence-corrected chi connectivity index (χ2v) is 2.97. The van der Waals surface area contributed by atoms with Gasteiger partial charge in [-0.15, -0.1) is 0 Å². The third-order valence-corrected chi connectivity index (χ3v) is 1.93. The lowest BCUT2D eigenvalue weighted by Crippen LogP contribution is -2.02. The number of aryl methyl sites for hydroxylation is 1. The first-order chi connectivity index (χ1) is 6.06. The summed E-state index contributed by atoms with van der Waals surface area (Å²) >= 11 is 5.63. The number of benzene rings is 1. The van der Waals surface area contributed by atoms with Crippen LogP contribution in [0.2, 0.25) is 5.02 Å². The Bertz CT molecular complexity index is 374. The molecule has 1 aromatic carbocycles. The van der Waals surface area contributed by atoms with Gasteiger partial charge in [-0.25, -0.2) is 4.39 Å². The van der Waals surface area contributed by atoms with E-state index in [4.69, 9.17) is 11.6 Å². The smallest absolute Gasteiger partial charge is 0.226 e. The van der Waals surface area contributed by atoms with E-state index >= 15 is 0 Å². The minimum absolute atomic E-state index is 0.0935. The molecule has 0 radical (unpaired) electrons. The van der Waals surface area contributed by atoms with Gasteiger partial charge in [0.2, 0.25) is 5.78 Å². The van der Waals surface area contributed by atoms with Crippen molar-refractivity contribution in [3.05, 3.63) is 34.1 Å². The third-order valence-electron chi connectivity index (χ3n) is 1.62. The monoisotopic (exact) mass is 200 g/mol. The van der Waals surface area contributed by atoms with Gasteiger partial charge in [0.05, 0.1) is 5.02 Å². The molecule has 0 fully saturated rings. The molecule has 1 rings (SSSR count). The minimum Gasteiger partial charge on any atom is -0.294 e. The van der Waals surface area contributed by atoms with E-state index < -0.39 is 11.6 Å². The van der Waals surface area contributed by atoms with Crippen LogP contribution >= 0.6 is 11.6 Å². The highest BCUT2D eigenvalue weighted by Gasteiger charge is 2.11. The maximum atomic E-state index is 12.9. The minimum atomic E-state index is -0.816. The Hall–Kier alpha value is -1.22. The second kappa shape index (κ2) is 3.66. The molecule has 68 valence electrons. The fraction of sp³-hybridized carbons (Fsp3) is 0.111.